The fraction of sp³-hybridized carbons (Fsp3) is 0. The van der Waals surface area contributed by atoms with Crippen LogP contribution in [-0.4, -0.2) is 17.1 Å². The summed E-state index contributed by atoms with van der Waals surface area (Å²) in [6.45, 7) is 0. The van der Waals surface area contributed by atoms with E-state index in [1.165, 1.54) is 24.3 Å². The SMILES string of the molecule is O=C(Nc1cc(Cl)cc(Cl)c1)Nc1sccc1C(=O)O. The second-order valence-corrected chi connectivity index (χ2v) is 5.49. The Kier molecular flexibility index (Phi) is 4.49. The highest BCUT2D eigenvalue weighted by Gasteiger charge is 2.14. The molecule has 0 saturated carbocycles. The molecule has 2 rings (SSSR count). The number of aromatic carboxylic acids is 1. The third-order valence-corrected chi connectivity index (χ3v) is 3.51. The van der Waals surface area contributed by atoms with Crippen LogP contribution in [0.1, 0.15) is 10.4 Å². The number of rotatable bonds is 3. The highest BCUT2D eigenvalue weighted by Crippen LogP contribution is 2.25. The van der Waals surface area contributed by atoms with Crippen LogP contribution in [-0.2, 0) is 0 Å². The molecule has 104 valence electrons. The summed E-state index contributed by atoms with van der Waals surface area (Å²) in [5.74, 6) is -1.10. The van der Waals surface area contributed by atoms with E-state index in [1.807, 2.05) is 0 Å². The first-order valence-corrected chi connectivity index (χ1v) is 6.94. The number of halogens is 2. The third-order valence-electron chi connectivity index (χ3n) is 2.24. The van der Waals surface area contributed by atoms with Crippen molar-refractivity contribution in [3.63, 3.8) is 0 Å². The highest BCUT2D eigenvalue weighted by molar-refractivity contribution is 7.14. The molecule has 0 spiro atoms. The molecule has 20 heavy (non-hydrogen) atoms. The van der Waals surface area contributed by atoms with Crippen LogP contribution in [0.3, 0.4) is 0 Å². The first-order chi connectivity index (χ1) is 9.45. The number of carbonyl (C=O) groups is 2. The Hall–Kier alpha value is -1.76. The van der Waals surface area contributed by atoms with E-state index < -0.39 is 12.0 Å². The molecule has 5 nitrogen and oxygen atoms in total. The van der Waals surface area contributed by atoms with Crippen molar-refractivity contribution in [1.82, 2.24) is 0 Å². The van der Waals surface area contributed by atoms with Gasteiger partial charge in [0.25, 0.3) is 0 Å². The second-order valence-electron chi connectivity index (χ2n) is 3.71. The number of anilines is 2. The van der Waals surface area contributed by atoms with Gasteiger partial charge < -0.3 is 10.4 Å². The molecule has 1 aromatic heterocycles. The molecule has 0 bridgehead atoms. The number of carboxylic acid groups (broad SMARTS) is 1. The predicted octanol–water partition coefficient (Wildman–Crippen LogP) is 4.40. The Bertz CT molecular complexity index is 652. The summed E-state index contributed by atoms with van der Waals surface area (Å²) in [6.07, 6.45) is 0. The first-order valence-electron chi connectivity index (χ1n) is 5.30. The average Bonchev–Trinajstić information content (AvgIpc) is 2.75. The van der Waals surface area contributed by atoms with E-state index in [9.17, 15) is 9.59 Å². The van der Waals surface area contributed by atoms with Gasteiger partial charge in [0.1, 0.15) is 5.00 Å². The minimum absolute atomic E-state index is 0.0364. The first kappa shape index (κ1) is 14.6. The standard InChI is InChI=1S/C12H8Cl2N2O3S/c13-6-3-7(14)5-8(4-6)15-12(19)16-10-9(11(17)18)1-2-20-10/h1-5H,(H,17,18)(H2,15,16,19). The molecule has 0 aliphatic rings. The van der Waals surface area contributed by atoms with Crippen LogP contribution in [0.15, 0.2) is 29.6 Å². The summed E-state index contributed by atoms with van der Waals surface area (Å²) in [7, 11) is 0. The van der Waals surface area contributed by atoms with Crippen molar-refractivity contribution in [2.75, 3.05) is 10.6 Å². The summed E-state index contributed by atoms with van der Waals surface area (Å²) in [5.41, 5.74) is 0.447. The lowest BCUT2D eigenvalue weighted by Gasteiger charge is -2.07. The summed E-state index contributed by atoms with van der Waals surface area (Å²) in [4.78, 5) is 22.7. The number of hydrogen-bond acceptors (Lipinski definition) is 3. The van der Waals surface area contributed by atoms with Gasteiger partial charge >= 0.3 is 12.0 Å². The lowest BCUT2D eigenvalue weighted by molar-refractivity contribution is 0.0698. The minimum atomic E-state index is -1.10. The monoisotopic (exact) mass is 330 g/mol. The van der Waals surface area contributed by atoms with E-state index in [0.29, 0.717) is 15.7 Å². The van der Waals surface area contributed by atoms with Gasteiger partial charge in [-0.3, -0.25) is 5.32 Å². The molecule has 1 aromatic carbocycles. The summed E-state index contributed by atoms with van der Waals surface area (Å²) in [6, 6.07) is 5.43. The molecule has 1 heterocycles. The molecule has 0 saturated heterocycles. The van der Waals surface area contributed by atoms with Crippen LogP contribution in [0.25, 0.3) is 0 Å². The molecular formula is C12H8Cl2N2O3S. The van der Waals surface area contributed by atoms with Gasteiger partial charge in [-0.15, -0.1) is 11.3 Å². The number of carboxylic acids is 1. The zero-order chi connectivity index (χ0) is 14.7. The topological polar surface area (TPSA) is 78.4 Å². The Morgan fingerprint density at radius 3 is 2.35 bits per heavy atom. The molecule has 8 heteroatoms. The van der Waals surface area contributed by atoms with Crippen molar-refractivity contribution in [3.05, 3.63) is 45.3 Å². The van der Waals surface area contributed by atoms with Crippen LogP contribution in [0.2, 0.25) is 10.0 Å². The number of urea groups is 1. The summed E-state index contributed by atoms with van der Waals surface area (Å²) < 4.78 is 0. The van der Waals surface area contributed by atoms with Gasteiger partial charge in [-0.25, -0.2) is 9.59 Å². The lowest BCUT2D eigenvalue weighted by Crippen LogP contribution is -2.20. The van der Waals surface area contributed by atoms with Gasteiger partial charge in [-0.1, -0.05) is 23.2 Å². The van der Waals surface area contributed by atoms with Gasteiger partial charge in [0.05, 0.1) is 5.56 Å². The van der Waals surface area contributed by atoms with E-state index in [1.54, 1.807) is 5.38 Å². The van der Waals surface area contributed by atoms with Crippen molar-refractivity contribution in [1.29, 1.82) is 0 Å². The van der Waals surface area contributed by atoms with E-state index in [4.69, 9.17) is 28.3 Å². The van der Waals surface area contributed by atoms with Crippen LogP contribution in [0, 0.1) is 0 Å². The van der Waals surface area contributed by atoms with Crippen LogP contribution in [0.4, 0.5) is 15.5 Å². The van der Waals surface area contributed by atoms with Crippen LogP contribution in [0.5, 0.6) is 0 Å². The van der Waals surface area contributed by atoms with Crippen molar-refractivity contribution in [2.45, 2.75) is 0 Å². The van der Waals surface area contributed by atoms with E-state index >= 15 is 0 Å². The number of amides is 2. The van der Waals surface area contributed by atoms with Crippen LogP contribution < -0.4 is 10.6 Å². The van der Waals surface area contributed by atoms with Gasteiger partial charge in [0, 0.05) is 15.7 Å². The second kappa shape index (κ2) is 6.13. The lowest BCUT2D eigenvalue weighted by atomic mass is 10.3. The molecule has 0 unspecified atom stereocenters. The van der Waals surface area contributed by atoms with Crippen molar-refractivity contribution in [2.24, 2.45) is 0 Å². The Labute approximate surface area is 128 Å². The molecule has 0 radical (unpaired) electrons. The predicted molar refractivity (Wildman–Crippen MR) is 80.4 cm³/mol. The fourth-order valence-electron chi connectivity index (χ4n) is 1.47. The molecule has 0 fully saturated rings. The van der Waals surface area contributed by atoms with Gasteiger partial charge in [0.15, 0.2) is 0 Å². The molecular weight excluding hydrogens is 323 g/mol. The maximum atomic E-state index is 11.8. The summed E-state index contributed by atoms with van der Waals surface area (Å²) >= 11 is 12.7. The Balaban J connectivity index is 2.09. The fourth-order valence-corrected chi connectivity index (χ4v) is 2.77. The maximum Gasteiger partial charge on any atom is 0.338 e. The van der Waals surface area contributed by atoms with Crippen molar-refractivity contribution in [3.8, 4) is 0 Å². The zero-order valence-corrected chi connectivity index (χ0v) is 12.1. The summed E-state index contributed by atoms with van der Waals surface area (Å²) in [5, 5.41) is 16.5. The average molecular weight is 331 g/mol. The van der Waals surface area contributed by atoms with Crippen molar-refractivity contribution >= 4 is 57.2 Å². The number of nitrogens with one attached hydrogen (secondary N) is 2. The van der Waals surface area contributed by atoms with Gasteiger partial charge in [-0.2, -0.15) is 0 Å². The Morgan fingerprint density at radius 1 is 1.10 bits per heavy atom. The van der Waals surface area contributed by atoms with Gasteiger partial charge in [0.2, 0.25) is 0 Å². The molecule has 0 atom stereocenters. The number of carbonyl (C=O) groups excluding carboxylic acids is 1. The molecule has 3 N–H and O–H groups in total. The van der Waals surface area contributed by atoms with Crippen LogP contribution >= 0.6 is 34.5 Å². The molecule has 2 amide bonds. The maximum absolute atomic E-state index is 11.8. The number of thiophene rings is 1. The van der Waals surface area contributed by atoms with E-state index in [2.05, 4.69) is 10.6 Å². The smallest absolute Gasteiger partial charge is 0.338 e. The minimum Gasteiger partial charge on any atom is -0.478 e. The van der Waals surface area contributed by atoms with E-state index in [-0.39, 0.29) is 10.6 Å². The highest BCUT2D eigenvalue weighted by atomic mass is 35.5. The number of hydrogen-bond donors (Lipinski definition) is 3. The molecule has 0 aliphatic carbocycles. The largest absolute Gasteiger partial charge is 0.478 e. The van der Waals surface area contributed by atoms with Gasteiger partial charge in [-0.05, 0) is 29.6 Å². The zero-order valence-electron chi connectivity index (χ0n) is 9.81. The number of benzene rings is 1. The quantitative estimate of drug-likeness (QED) is 0.780. The Morgan fingerprint density at radius 2 is 1.75 bits per heavy atom. The third kappa shape index (κ3) is 3.63. The normalized spacial score (nSPS) is 10.1. The molecule has 0 aliphatic heterocycles. The van der Waals surface area contributed by atoms with Crippen molar-refractivity contribution < 1.29 is 14.7 Å². The van der Waals surface area contributed by atoms with E-state index in [0.717, 1.165) is 11.3 Å². The molecule has 2 aromatic rings.